The molecule has 1 aromatic rings. The van der Waals surface area contributed by atoms with Crippen molar-refractivity contribution in [3.63, 3.8) is 0 Å². The summed E-state index contributed by atoms with van der Waals surface area (Å²) in [6.07, 6.45) is 5.96. The summed E-state index contributed by atoms with van der Waals surface area (Å²) in [5.74, 6) is 0. The first-order valence-corrected chi connectivity index (χ1v) is 4.98. The molecule has 1 aliphatic rings. The Hall–Kier alpha value is -0.830. The Morgan fingerprint density at radius 3 is 2.92 bits per heavy atom. The lowest BCUT2D eigenvalue weighted by molar-refractivity contribution is 0.680. The summed E-state index contributed by atoms with van der Waals surface area (Å²) in [4.78, 5) is 0. The summed E-state index contributed by atoms with van der Waals surface area (Å²) in [5.41, 5.74) is 2.54. The topological polar surface area (TPSA) is 29.9 Å². The van der Waals surface area contributed by atoms with Gasteiger partial charge in [0.1, 0.15) is 0 Å². The summed E-state index contributed by atoms with van der Waals surface area (Å²) >= 11 is 0. The van der Waals surface area contributed by atoms with E-state index < -0.39 is 0 Å². The van der Waals surface area contributed by atoms with Crippen LogP contribution in [0, 0.1) is 6.92 Å². The molecule has 0 spiro atoms. The molecule has 3 heteroatoms. The van der Waals surface area contributed by atoms with Gasteiger partial charge >= 0.3 is 0 Å². The summed E-state index contributed by atoms with van der Waals surface area (Å²) in [7, 11) is 1.98. The zero-order valence-electron chi connectivity index (χ0n) is 8.38. The molecule has 72 valence electrons. The van der Waals surface area contributed by atoms with E-state index in [4.69, 9.17) is 0 Å². The maximum absolute atomic E-state index is 4.31. The van der Waals surface area contributed by atoms with E-state index in [1.807, 2.05) is 11.7 Å². The third kappa shape index (κ3) is 2.31. The van der Waals surface area contributed by atoms with Gasteiger partial charge < -0.3 is 5.32 Å². The van der Waals surface area contributed by atoms with Crippen LogP contribution in [0.3, 0.4) is 0 Å². The van der Waals surface area contributed by atoms with Gasteiger partial charge in [-0.25, -0.2) is 0 Å². The Bertz CT molecular complexity index is 286. The number of aromatic nitrogens is 2. The van der Waals surface area contributed by atoms with Gasteiger partial charge in [0.25, 0.3) is 0 Å². The molecule has 1 N–H and O–H groups in total. The zero-order chi connectivity index (χ0) is 9.26. The molecule has 0 radical (unpaired) electrons. The SMILES string of the molecule is Cc1nn(C)cc1CCNC1CC1. The predicted molar refractivity (Wildman–Crippen MR) is 52.7 cm³/mol. The van der Waals surface area contributed by atoms with Crippen LogP contribution in [-0.4, -0.2) is 22.4 Å². The van der Waals surface area contributed by atoms with E-state index in [1.165, 1.54) is 24.1 Å². The molecule has 0 aromatic carbocycles. The van der Waals surface area contributed by atoms with Crippen LogP contribution in [-0.2, 0) is 13.5 Å². The highest BCUT2D eigenvalue weighted by molar-refractivity contribution is 5.15. The fourth-order valence-corrected chi connectivity index (χ4v) is 1.59. The second kappa shape index (κ2) is 3.50. The molecule has 0 unspecified atom stereocenters. The number of nitrogens with zero attached hydrogens (tertiary/aromatic N) is 2. The van der Waals surface area contributed by atoms with Gasteiger partial charge in [-0.3, -0.25) is 4.68 Å². The number of rotatable bonds is 4. The second-order valence-electron chi connectivity index (χ2n) is 3.89. The minimum Gasteiger partial charge on any atom is -0.314 e. The lowest BCUT2D eigenvalue weighted by Gasteiger charge is -2.00. The van der Waals surface area contributed by atoms with Crippen LogP contribution < -0.4 is 5.32 Å². The predicted octanol–water partition coefficient (Wildman–Crippen LogP) is 1.02. The number of hydrogen-bond acceptors (Lipinski definition) is 2. The normalized spacial score (nSPS) is 16.5. The van der Waals surface area contributed by atoms with E-state index in [0.717, 1.165) is 19.0 Å². The van der Waals surface area contributed by atoms with Crippen LogP contribution in [0.25, 0.3) is 0 Å². The average molecular weight is 179 g/mol. The molecule has 0 atom stereocenters. The van der Waals surface area contributed by atoms with E-state index in [9.17, 15) is 0 Å². The lowest BCUT2D eigenvalue weighted by Crippen LogP contribution is -2.19. The molecule has 1 aliphatic carbocycles. The molecule has 3 nitrogen and oxygen atoms in total. The van der Waals surface area contributed by atoms with Crippen LogP contribution >= 0.6 is 0 Å². The largest absolute Gasteiger partial charge is 0.314 e. The van der Waals surface area contributed by atoms with Crippen LogP contribution in [0.5, 0.6) is 0 Å². The maximum atomic E-state index is 4.31. The highest BCUT2D eigenvalue weighted by Crippen LogP contribution is 2.18. The molecular weight excluding hydrogens is 162 g/mol. The van der Waals surface area contributed by atoms with E-state index in [-0.39, 0.29) is 0 Å². The van der Waals surface area contributed by atoms with Crippen LogP contribution in [0.15, 0.2) is 6.20 Å². The average Bonchev–Trinajstić information content (AvgIpc) is 2.81. The van der Waals surface area contributed by atoms with Crippen LogP contribution in [0.1, 0.15) is 24.1 Å². The van der Waals surface area contributed by atoms with Gasteiger partial charge in [0.2, 0.25) is 0 Å². The van der Waals surface area contributed by atoms with E-state index >= 15 is 0 Å². The van der Waals surface area contributed by atoms with Gasteiger partial charge in [-0.2, -0.15) is 5.10 Å². The van der Waals surface area contributed by atoms with Gasteiger partial charge in [0.05, 0.1) is 5.69 Å². The molecule has 1 heterocycles. The van der Waals surface area contributed by atoms with Gasteiger partial charge in [0, 0.05) is 19.3 Å². The first-order chi connectivity index (χ1) is 6.25. The van der Waals surface area contributed by atoms with E-state index in [2.05, 4.69) is 23.5 Å². The van der Waals surface area contributed by atoms with Crippen molar-refractivity contribution in [3.8, 4) is 0 Å². The van der Waals surface area contributed by atoms with Crippen molar-refractivity contribution >= 4 is 0 Å². The first kappa shape index (κ1) is 8.75. The number of hydrogen-bond donors (Lipinski definition) is 1. The molecule has 1 aromatic heterocycles. The van der Waals surface area contributed by atoms with Crippen molar-refractivity contribution in [2.75, 3.05) is 6.54 Å². The molecule has 0 aliphatic heterocycles. The van der Waals surface area contributed by atoms with E-state index in [0.29, 0.717) is 0 Å². The maximum Gasteiger partial charge on any atom is 0.0626 e. The molecule has 0 saturated heterocycles. The summed E-state index contributed by atoms with van der Waals surface area (Å²) < 4.78 is 1.89. The third-order valence-electron chi connectivity index (χ3n) is 2.52. The fourth-order valence-electron chi connectivity index (χ4n) is 1.59. The Morgan fingerprint density at radius 1 is 1.62 bits per heavy atom. The lowest BCUT2D eigenvalue weighted by atomic mass is 10.2. The highest BCUT2D eigenvalue weighted by Gasteiger charge is 2.19. The van der Waals surface area contributed by atoms with Gasteiger partial charge in [-0.15, -0.1) is 0 Å². The van der Waals surface area contributed by atoms with Gasteiger partial charge in [-0.1, -0.05) is 0 Å². The van der Waals surface area contributed by atoms with Gasteiger partial charge in [0.15, 0.2) is 0 Å². The van der Waals surface area contributed by atoms with Crippen molar-refractivity contribution in [1.82, 2.24) is 15.1 Å². The van der Waals surface area contributed by atoms with Crippen molar-refractivity contribution in [2.24, 2.45) is 7.05 Å². The third-order valence-corrected chi connectivity index (χ3v) is 2.52. The quantitative estimate of drug-likeness (QED) is 0.748. The van der Waals surface area contributed by atoms with Crippen molar-refractivity contribution in [2.45, 2.75) is 32.2 Å². The number of nitrogens with one attached hydrogen (secondary N) is 1. The molecule has 0 amide bonds. The molecule has 0 bridgehead atoms. The second-order valence-corrected chi connectivity index (χ2v) is 3.89. The standard InChI is InChI=1S/C10H17N3/c1-8-9(7-13(2)12-8)5-6-11-10-3-4-10/h7,10-11H,3-6H2,1-2H3. The van der Waals surface area contributed by atoms with Crippen molar-refractivity contribution in [3.05, 3.63) is 17.5 Å². The molecule has 2 rings (SSSR count). The minimum atomic E-state index is 0.817. The van der Waals surface area contributed by atoms with Crippen LogP contribution in [0.2, 0.25) is 0 Å². The summed E-state index contributed by atoms with van der Waals surface area (Å²) in [6.45, 7) is 3.17. The smallest absolute Gasteiger partial charge is 0.0626 e. The summed E-state index contributed by atoms with van der Waals surface area (Å²) in [5, 5.41) is 7.82. The van der Waals surface area contributed by atoms with E-state index in [1.54, 1.807) is 0 Å². The zero-order valence-corrected chi connectivity index (χ0v) is 8.38. The van der Waals surface area contributed by atoms with Gasteiger partial charge in [-0.05, 0) is 38.3 Å². The Labute approximate surface area is 79.1 Å². The molecule has 1 saturated carbocycles. The minimum absolute atomic E-state index is 0.817. The molecule has 13 heavy (non-hydrogen) atoms. The molecule has 1 fully saturated rings. The Balaban J connectivity index is 1.81. The fraction of sp³-hybridized carbons (Fsp3) is 0.700. The Kier molecular flexibility index (Phi) is 2.36. The van der Waals surface area contributed by atoms with Crippen molar-refractivity contribution < 1.29 is 0 Å². The monoisotopic (exact) mass is 179 g/mol. The number of aryl methyl sites for hydroxylation is 2. The molecular formula is C10H17N3. The first-order valence-electron chi connectivity index (χ1n) is 4.98. The Morgan fingerprint density at radius 2 is 2.38 bits per heavy atom. The van der Waals surface area contributed by atoms with Crippen LogP contribution in [0.4, 0.5) is 0 Å². The highest BCUT2D eigenvalue weighted by atomic mass is 15.2. The van der Waals surface area contributed by atoms with Crippen molar-refractivity contribution in [1.29, 1.82) is 0 Å². The summed E-state index contributed by atoms with van der Waals surface area (Å²) in [6, 6.07) is 0.817.